The fourth-order valence-electron chi connectivity index (χ4n) is 1.95. The van der Waals surface area contributed by atoms with Gasteiger partial charge in [0.05, 0.1) is 5.56 Å². The summed E-state index contributed by atoms with van der Waals surface area (Å²) in [5.41, 5.74) is 13.8. The summed E-state index contributed by atoms with van der Waals surface area (Å²) < 4.78 is 0. The SMILES string of the molecule is CC(Nc1cc(Cl)ccc1C(N)=O)c1ccc(N)cc1. The lowest BCUT2D eigenvalue weighted by molar-refractivity contribution is 0.100. The number of halogens is 1. The molecule has 0 bridgehead atoms. The van der Waals surface area contributed by atoms with E-state index in [-0.39, 0.29) is 6.04 Å². The molecule has 2 rings (SSSR count). The molecule has 5 heteroatoms. The smallest absolute Gasteiger partial charge is 0.250 e. The Morgan fingerprint density at radius 3 is 2.45 bits per heavy atom. The third kappa shape index (κ3) is 3.22. The molecule has 0 heterocycles. The number of amides is 1. The van der Waals surface area contributed by atoms with E-state index in [1.165, 1.54) is 0 Å². The van der Waals surface area contributed by atoms with Gasteiger partial charge in [-0.05, 0) is 42.8 Å². The number of nitrogens with two attached hydrogens (primary N) is 2. The van der Waals surface area contributed by atoms with E-state index in [1.54, 1.807) is 18.2 Å². The van der Waals surface area contributed by atoms with Gasteiger partial charge in [0.15, 0.2) is 0 Å². The van der Waals surface area contributed by atoms with Crippen molar-refractivity contribution >= 4 is 28.9 Å². The molecule has 0 aliphatic heterocycles. The number of carbonyl (C=O) groups excluding carboxylic acids is 1. The molecular weight excluding hydrogens is 274 g/mol. The summed E-state index contributed by atoms with van der Waals surface area (Å²) in [6, 6.07) is 12.5. The largest absolute Gasteiger partial charge is 0.399 e. The Hall–Kier alpha value is -2.20. The Labute approximate surface area is 122 Å². The van der Waals surface area contributed by atoms with Crippen LogP contribution in [-0.4, -0.2) is 5.91 Å². The number of rotatable bonds is 4. The molecular formula is C15H16ClN3O. The normalized spacial score (nSPS) is 11.9. The van der Waals surface area contributed by atoms with Crippen LogP contribution in [0.5, 0.6) is 0 Å². The van der Waals surface area contributed by atoms with Crippen molar-refractivity contribution in [3.05, 3.63) is 58.6 Å². The van der Waals surface area contributed by atoms with Crippen molar-refractivity contribution in [3.8, 4) is 0 Å². The maximum Gasteiger partial charge on any atom is 0.250 e. The summed E-state index contributed by atoms with van der Waals surface area (Å²) in [6.07, 6.45) is 0. The molecule has 0 aromatic heterocycles. The van der Waals surface area contributed by atoms with Crippen LogP contribution in [0.25, 0.3) is 0 Å². The average molecular weight is 290 g/mol. The Balaban J connectivity index is 2.27. The molecule has 1 unspecified atom stereocenters. The number of hydrogen-bond donors (Lipinski definition) is 3. The number of primary amides is 1. The second-order valence-electron chi connectivity index (χ2n) is 4.59. The molecule has 0 saturated carbocycles. The van der Waals surface area contributed by atoms with Crippen LogP contribution in [0.1, 0.15) is 28.9 Å². The maximum atomic E-state index is 11.4. The van der Waals surface area contributed by atoms with E-state index in [4.69, 9.17) is 23.1 Å². The minimum Gasteiger partial charge on any atom is -0.399 e. The predicted octanol–water partition coefficient (Wildman–Crippen LogP) is 3.19. The third-order valence-corrected chi connectivity index (χ3v) is 3.29. The first-order valence-electron chi connectivity index (χ1n) is 6.18. The number of nitrogens with one attached hydrogen (secondary N) is 1. The van der Waals surface area contributed by atoms with Crippen molar-refractivity contribution in [3.63, 3.8) is 0 Å². The highest BCUT2D eigenvalue weighted by atomic mass is 35.5. The van der Waals surface area contributed by atoms with Gasteiger partial charge in [-0.1, -0.05) is 23.7 Å². The third-order valence-electron chi connectivity index (χ3n) is 3.06. The first-order valence-corrected chi connectivity index (χ1v) is 6.56. The van der Waals surface area contributed by atoms with Crippen LogP contribution < -0.4 is 16.8 Å². The van der Waals surface area contributed by atoms with Gasteiger partial charge in [0, 0.05) is 22.4 Å². The summed E-state index contributed by atoms with van der Waals surface area (Å²) in [5, 5.41) is 3.79. The van der Waals surface area contributed by atoms with Crippen LogP contribution >= 0.6 is 11.6 Å². The standard InChI is InChI=1S/C15H16ClN3O/c1-9(10-2-5-12(17)6-3-10)19-14-8-11(16)4-7-13(14)15(18)20/h2-9,19H,17H2,1H3,(H2,18,20). The van der Waals surface area contributed by atoms with Crippen molar-refractivity contribution in [1.82, 2.24) is 0 Å². The molecule has 0 aliphatic carbocycles. The first-order chi connectivity index (χ1) is 9.47. The maximum absolute atomic E-state index is 11.4. The highest BCUT2D eigenvalue weighted by molar-refractivity contribution is 6.31. The van der Waals surface area contributed by atoms with Crippen molar-refractivity contribution in [2.24, 2.45) is 5.73 Å². The number of hydrogen-bond acceptors (Lipinski definition) is 3. The quantitative estimate of drug-likeness (QED) is 0.756. The number of anilines is 2. The average Bonchev–Trinajstić information content (AvgIpc) is 2.39. The Kier molecular flexibility index (Phi) is 4.15. The van der Waals surface area contributed by atoms with Crippen molar-refractivity contribution in [2.75, 3.05) is 11.1 Å². The number of benzene rings is 2. The first kappa shape index (κ1) is 14.2. The van der Waals surface area contributed by atoms with E-state index >= 15 is 0 Å². The zero-order chi connectivity index (χ0) is 14.7. The lowest BCUT2D eigenvalue weighted by atomic mass is 10.1. The minimum absolute atomic E-state index is 0.00725. The predicted molar refractivity (Wildman–Crippen MR) is 82.9 cm³/mol. The van der Waals surface area contributed by atoms with Crippen molar-refractivity contribution in [1.29, 1.82) is 0 Å². The molecule has 0 saturated heterocycles. The molecule has 4 nitrogen and oxygen atoms in total. The molecule has 2 aromatic rings. The van der Waals surface area contributed by atoms with Gasteiger partial charge < -0.3 is 16.8 Å². The van der Waals surface area contributed by atoms with Crippen molar-refractivity contribution < 1.29 is 4.79 Å². The van der Waals surface area contributed by atoms with Gasteiger partial charge in [-0.25, -0.2) is 0 Å². The topological polar surface area (TPSA) is 81.1 Å². The zero-order valence-corrected chi connectivity index (χ0v) is 11.8. The Morgan fingerprint density at radius 1 is 1.20 bits per heavy atom. The fourth-order valence-corrected chi connectivity index (χ4v) is 2.12. The van der Waals surface area contributed by atoms with Gasteiger partial charge in [0.1, 0.15) is 0 Å². The molecule has 0 fully saturated rings. The Morgan fingerprint density at radius 2 is 1.85 bits per heavy atom. The van der Waals surface area contributed by atoms with Gasteiger partial charge in [0.2, 0.25) is 0 Å². The molecule has 1 atom stereocenters. The van der Waals surface area contributed by atoms with Gasteiger partial charge in [-0.15, -0.1) is 0 Å². The van der Waals surface area contributed by atoms with E-state index in [0.717, 1.165) is 5.56 Å². The number of carbonyl (C=O) groups is 1. The van der Waals surface area contributed by atoms with Crippen LogP contribution in [0.15, 0.2) is 42.5 Å². The van der Waals surface area contributed by atoms with E-state index < -0.39 is 5.91 Å². The van der Waals surface area contributed by atoms with Gasteiger partial charge >= 0.3 is 0 Å². The molecule has 5 N–H and O–H groups in total. The van der Waals surface area contributed by atoms with Crippen LogP contribution in [-0.2, 0) is 0 Å². The lowest BCUT2D eigenvalue weighted by Crippen LogP contribution is -2.16. The zero-order valence-electron chi connectivity index (χ0n) is 11.1. The monoisotopic (exact) mass is 289 g/mol. The molecule has 0 aliphatic rings. The summed E-state index contributed by atoms with van der Waals surface area (Å²) in [6.45, 7) is 1.98. The Bertz CT molecular complexity index is 626. The number of nitrogen functional groups attached to an aromatic ring is 1. The molecule has 104 valence electrons. The summed E-state index contributed by atoms with van der Waals surface area (Å²) in [7, 11) is 0. The van der Waals surface area contributed by atoms with Gasteiger partial charge in [-0.3, -0.25) is 4.79 Å². The van der Waals surface area contributed by atoms with Crippen LogP contribution in [0.4, 0.5) is 11.4 Å². The lowest BCUT2D eigenvalue weighted by Gasteiger charge is -2.18. The minimum atomic E-state index is -0.492. The van der Waals surface area contributed by atoms with E-state index in [1.807, 2.05) is 31.2 Å². The fraction of sp³-hybridized carbons (Fsp3) is 0.133. The molecule has 20 heavy (non-hydrogen) atoms. The summed E-state index contributed by atoms with van der Waals surface area (Å²) in [4.78, 5) is 11.4. The van der Waals surface area contributed by atoms with Gasteiger partial charge in [-0.2, -0.15) is 0 Å². The van der Waals surface area contributed by atoms with Crippen LogP contribution in [0, 0.1) is 0 Å². The summed E-state index contributed by atoms with van der Waals surface area (Å²) >= 11 is 5.96. The van der Waals surface area contributed by atoms with E-state index in [2.05, 4.69) is 5.32 Å². The van der Waals surface area contributed by atoms with Gasteiger partial charge in [0.25, 0.3) is 5.91 Å². The molecule has 1 amide bonds. The summed E-state index contributed by atoms with van der Waals surface area (Å²) in [5.74, 6) is -0.492. The highest BCUT2D eigenvalue weighted by Gasteiger charge is 2.12. The van der Waals surface area contributed by atoms with Crippen LogP contribution in [0.2, 0.25) is 5.02 Å². The second kappa shape index (κ2) is 5.84. The second-order valence-corrected chi connectivity index (χ2v) is 5.02. The van der Waals surface area contributed by atoms with E-state index in [9.17, 15) is 4.79 Å². The molecule has 2 aromatic carbocycles. The van der Waals surface area contributed by atoms with Crippen molar-refractivity contribution in [2.45, 2.75) is 13.0 Å². The highest BCUT2D eigenvalue weighted by Crippen LogP contribution is 2.25. The molecule has 0 radical (unpaired) electrons. The molecule has 0 spiro atoms. The van der Waals surface area contributed by atoms with Crippen LogP contribution in [0.3, 0.4) is 0 Å². The van der Waals surface area contributed by atoms with E-state index in [0.29, 0.717) is 22.0 Å².